The van der Waals surface area contributed by atoms with Crippen LogP contribution in [0.4, 0.5) is 0 Å². The first kappa shape index (κ1) is 12.6. The quantitative estimate of drug-likeness (QED) is 0.845. The number of nitrogens with zero attached hydrogens (tertiary/aromatic N) is 1. The van der Waals surface area contributed by atoms with Crippen LogP contribution in [0.15, 0.2) is 24.3 Å². The van der Waals surface area contributed by atoms with Crippen molar-refractivity contribution in [2.75, 3.05) is 0 Å². The molecule has 0 bridgehead atoms. The molecule has 0 saturated carbocycles. The second kappa shape index (κ2) is 5.65. The molecule has 0 aromatic heterocycles. The Bertz CT molecular complexity index is 339. The van der Waals surface area contributed by atoms with Gasteiger partial charge in [-0.25, -0.2) is 0 Å². The third kappa shape index (κ3) is 2.70. The van der Waals surface area contributed by atoms with Crippen LogP contribution in [0.2, 0.25) is 0 Å². The van der Waals surface area contributed by atoms with E-state index in [0.29, 0.717) is 6.04 Å². The van der Waals surface area contributed by atoms with Crippen LogP contribution in [0.1, 0.15) is 44.2 Å². The first-order chi connectivity index (χ1) is 8.26. The maximum absolute atomic E-state index is 10.2. The SMILES string of the molecule is CCCC(O)C(CC)N1Cc2ccccc2C1. The van der Waals surface area contributed by atoms with Crippen LogP contribution in [0.5, 0.6) is 0 Å². The van der Waals surface area contributed by atoms with E-state index in [1.165, 1.54) is 11.1 Å². The molecule has 94 valence electrons. The van der Waals surface area contributed by atoms with Crippen molar-refractivity contribution in [3.8, 4) is 0 Å². The minimum Gasteiger partial charge on any atom is -0.391 e. The smallest absolute Gasteiger partial charge is 0.0695 e. The molecule has 0 radical (unpaired) electrons. The minimum absolute atomic E-state index is 0.181. The van der Waals surface area contributed by atoms with E-state index in [4.69, 9.17) is 0 Å². The van der Waals surface area contributed by atoms with Gasteiger partial charge in [0.1, 0.15) is 0 Å². The van der Waals surface area contributed by atoms with Gasteiger partial charge in [0.2, 0.25) is 0 Å². The molecule has 1 aromatic carbocycles. The molecule has 17 heavy (non-hydrogen) atoms. The zero-order valence-electron chi connectivity index (χ0n) is 10.9. The summed E-state index contributed by atoms with van der Waals surface area (Å²) in [5, 5.41) is 10.2. The van der Waals surface area contributed by atoms with Crippen molar-refractivity contribution in [2.24, 2.45) is 0 Å². The van der Waals surface area contributed by atoms with Crippen LogP contribution in [0.25, 0.3) is 0 Å². The Kier molecular flexibility index (Phi) is 4.19. The van der Waals surface area contributed by atoms with Gasteiger partial charge in [0, 0.05) is 19.1 Å². The molecule has 2 atom stereocenters. The van der Waals surface area contributed by atoms with Gasteiger partial charge < -0.3 is 5.11 Å². The molecule has 2 heteroatoms. The van der Waals surface area contributed by atoms with Crippen molar-refractivity contribution in [2.45, 2.75) is 58.3 Å². The summed E-state index contributed by atoms with van der Waals surface area (Å²) in [7, 11) is 0. The van der Waals surface area contributed by atoms with E-state index in [-0.39, 0.29) is 6.10 Å². The van der Waals surface area contributed by atoms with Gasteiger partial charge in [-0.2, -0.15) is 0 Å². The minimum atomic E-state index is -0.181. The molecule has 2 unspecified atom stereocenters. The number of aliphatic hydroxyl groups excluding tert-OH is 1. The molecule has 1 N–H and O–H groups in total. The molecule has 0 saturated heterocycles. The molecule has 0 spiro atoms. The Morgan fingerprint density at radius 3 is 2.24 bits per heavy atom. The summed E-state index contributed by atoms with van der Waals surface area (Å²) in [6.45, 7) is 6.30. The molecule has 1 aliphatic rings. The summed E-state index contributed by atoms with van der Waals surface area (Å²) in [5.41, 5.74) is 2.85. The van der Waals surface area contributed by atoms with Crippen molar-refractivity contribution in [1.82, 2.24) is 4.90 Å². The highest BCUT2D eigenvalue weighted by Gasteiger charge is 2.28. The normalized spacial score (nSPS) is 19.0. The summed E-state index contributed by atoms with van der Waals surface area (Å²) in [4.78, 5) is 2.42. The highest BCUT2D eigenvalue weighted by atomic mass is 16.3. The lowest BCUT2D eigenvalue weighted by molar-refractivity contribution is 0.0385. The monoisotopic (exact) mass is 233 g/mol. The largest absolute Gasteiger partial charge is 0.391 e. The maximum Gasteiger partial charge on any atom is 0.0695 e. The molecule has 1 aromatic rings. The fourth-order valence-electron chi connectivity index (χ4n) is 2.86. The van der Waals surface area contributed by atoms with Gasteiger partial charge in [0.25, 0.3) is 0 Å². The van der Waals surface area contributed by atoms with Crippen LogP contribution in [0.3, 0.4) is 0 Å². The number of benzene rings is 1. The third-order valence-corrected chi connectivity index (χ3v) is 3.78. The molecule has 1 heterocycles. The second-order valence-electron chi connectivity index (χ2n) is 5.01. The summed E-state index contributed by atoms with van der Waals surface area (Å²) in [5.74, 6) is 0. The number of fused-ring (bicyclic) bond motifs is 1. The third-order valence-electron chi connectivity index (χ3n) is 3.78. The number of rotatable bonds is 5. The predicted octanol–water partition coefficient (Wildman–Crippen LogP) is 2.94. The predicted molar refractivity (Wildman–Crippen MR) is 70.7 cm³/mol. The lowest BCUT2D eigenvalue weighted by Crippen LogP contribution is -2.40. The molecule has 2 nitrogen and oxygen atoms in total. The van der Waals surface area contributed by atoms with E-state index in [9.17, 15) is 5.11 Å². The molecule has 0 aliphatic carbocycles. The van der Waals surface area contributed by atoms with Crippen LogP contribution >= 0.6 is 0 Å². The average molecular weight is 233 g/mol. The topological polar surface area (TPSA) is 23.5 Å². The molecular weight excluding hydrogens is 210 g/mol. The Morgan fingerprint density at radius 1 is 1.18 bits per heavy atom. The van der Waals surface area contributed by atoms with Gasteiger partial charge in [0.15, 0.2) is 0 Å². The van der Waals surface area contributed by atoms with E-state index in [1.807, 2.05) is 0 Å². The second-order valence-corrected chi connectivity index (χ2v) is 5.01. The Morgan fingerprint density at radius 2 is 1.76 bits per heavy atom. The van der Waals surface area contributed by atoms with Crippen molar-refractivity contribution >= 4 is 0 Å². The summed E-state index contributed by atoms with van der Waals surface area (Å²) >= 11 is 0. The van der Waals surface area contributed by atoms with Crippen LogP contribution in [-0.2, 0) is 13.1 Å². The lowest BCUT2D eigenvalue weighted by atomic mass is 10.0. The van der Waals surface area contributed by atoms with Crippen molar-refractivity contribution < 1.29 is 5.11 Å². The van der Waals surface area contributed by atoms with Gasteiger partial charge >= 0.3 is 0 Å². The Hall–Kier alpha value is -0.860. The average Bonchev–Trinajstić information content (AvgIpc) is 2.73. The van der Waals surface area contributed by atoms with Crippen LogP contribution < -0.4 is 0 Å². The molecule has 0 amide bonds. The van der Waals surface area contributed by atoms with E-state index in [2.05, 4.69) is 43.0 Å². The number of hydrogen-bond acceptors (Lipinski definition) is 2. The fourth-order valence-corrected chi connectivity index (χ4v) is 2.86. The van der Waals surface area contributed by atoms with Gasteiger partial charge in [-0.1, -0.05) is 44.5 Å². The van der Waals surface area contributed by atoms with E-state index in [1.54, 1.807) is 0 Å². The number of hydrogen-bond donors (Lipinski definition) is 1. The van der Waals surface area contributed by atoms with Gasteiger partial charge in [-0.15, -0.1) is 0 Å². The summed E-state index contributed by atoms with van der Waals surface area (Å²) in [6.07, 6.45) is 2.80. The van der Waals surface area contributed by atoms with Crippen molar-refractivity contribution in [1.29, 1.82) is 0 Å². The van der Waals surface area contributed by atoms with Gasteiger partial charge in [-0.05, 0) is 24.0 Å². The first-order valence-corrected chi connectivity index (χ1v) is 6.75. The first-order valence-electron chi connectivity index (χ1n) is 6.75. The zero-order chi connectivity index (χ0) is 12.3. The number of aliphatic hydroxyl groups is 1. The van der Waals surface area contributed by atoms with E-state index >= 15 is 0 Å². The highest BCUT2D eigenvalue weighted by Crippen LogP contribution is 2.27. The molecule has 1 aliphatic heterocycles. The Balaban J connectivity index is 2.05. The molecule has 0 fully saturated rings. The molecule has 2 rings (SSSR count). The van der Waals surface area contributed by atoms with Crippen LogP contribution in [0, 0.1) is 0 Å². The molecular formula is C15H23NO. The Labute approximate surface area is 104 Å². The van der Waals surface area contributed by atoms with Crippen molar-refractivity contribution in [3.05, 3.63) is 35.4 Å². The lowest BCUT2D eigenvalue weighted by Gasteiger charge is -2.30. The summed E-state index contributed by atoms with van der Waals surface area (Å²) in [6, 6.07) is 8.92. The summed E-state index contributed by atoms with van der Waals surface area (Å²) < 4.78 is 0. The van der Waals surface area contributed by atoms with Crippen molar-refractivity contribution in [3.63, 3.8) is 0 Å². The maximum atomic E-state index is 10.2. The fraction of sp³-hybridized carbons (Fsp3) is 0.600. The standard InChI is InChI=1S/C15H23NO/c1-3-7-15(17)14(4-2)16-10-12-8-5-6-9-13(12)11-16/h5-6,8-9,14-15,17H,3-4,7,10-11H2,1-2H3. The van der Waals surface area contributed by atoms with Crippen LogP contribution in [-0.4, -0.2) is 22.2 Å². The van der Waals surface area contributed by atoms with Gasteiger partial charge in [-0.3, -0.25) is 4.90 Å². The zero-order valence-corrected chi connectivity index (χ0v) is 10.9. The van der Waals surface area contributed by atoms with Gasteiger partial charge in [0.05, 0.1) is 6.10 Å². The van der Waals surface area contributed by atoms with E-state index < -0.39 is 0 Å². The van der Waals surface area contributed by atoms with E-state index in [0.717, 1.165) is 32.4 Å². The highest BCUT2D eigenvalue weighted by molar-refractivity contribution is 5.30.